The number of rotatable bonds is 8. The summed E-state index contributed by atoms with van der Waals surface area (Å²) < 4.78 is 26.6. The Bertz CT molecular complexity index is 2370. The Morgan fingerprint density at radius 2 is 1.94 bits per heavy atom. The average molecular weight is 749 g/mol. The topological polar surface area (TPSA) is 83.2 Å². The standard InChI is InChI=1S/C43H40Cl2FN5O2/c1-22-30-19-35(34-18-27(21-50(34)43(52)24-11-12-24)53-36-14-13-23-6-2-3-8-28(23)36)51(41-26-17-33(41)48-20-26)42(30)31-16-25(7-5-15-47)37(39(46)40(31)49-22)29-9-4-10-32(44)38(29)45/h2-4,6,8-10,16,19,24,26-27,33-34,36,41,48H,5,7,11-14,17-18,20-21H2,1H3/t26-,27+,33-,34-,36?,41+/m1/s1. The Kier molecular flexibility index (Phi) is 8.11. The second-order valence-electron chi connectivity index (χ2n) is 15.8. The number of carbonyl (C=O) groups excluding carboxylic acids is 1. The summed E-state index contributed by atoms with van der Waals surface area (Å²) in [5.74, 6) is 0.249. The quantitative estimate of drug-likeness (QED) is 0.171. The van der Waals surface area contributed by atoms with Crippen LogP contribution in [0.25, 0.3) is 32.9 Å². The molecule has 6 aliphatic rings. The molecule has 3 saturated heterocycles. The highest BCUT2D eigenvalue weighted by Crippen LogP contribution is 2.52. The van der Waals surface area contributed by atoms with Crippen molar-refractivity contribution in [2.45, 2.75) is 88.6 Å². The molecule has 2 bridgehead atoms. The third kappa shape index (κ3) is 5.33. The number of hydrogen-bond acceptors (Lipinski definition) is 5. The van der Waals surface area contributed by atoms with E-state index < -0.39 is 5.82 Å². The summed E-state index contributed by atoms with van der Waals surface area (Å²) in [4.78, 5) is 21.2. The first-order chi connectivity index (χ1) is 25.8. The van der Waals surface area contributed by atoms with Crippen LogP contribution in [0.5, 0.6) is 0 Å². The maximum absolute atomic E-state index is 17.2. The number of pyridine rings is 1. The molecular formula is C43H40Cl2FN5O2. The molecule has 5 aromatic rings. The van der Waals surface area contributed by atoms with Gasteiger partial charge in [-0.15, -0.1) is 0 Å². The lowest BCUT2D eigenvalue weighted by Gasteiger charge is -2.39. The van der Waals surface area contributed by atoms with Crippen LogP contribution >= 0.6 is 23.2 Å². The van der Waals surface area contributed by atoms with E-state index in [1.807, 2.05) is 13.0 Å². The Hall–Kier alpha value is -4.00. The summed E-state index contributed by atoms with van der Waals surface area (Å²) in [6.45, 7) is 3.44. The number of aromatic nitrogens is 2. The fourth-order valence-electron chi connectivity index (χ4n) is 9.98. The van der Waals surface area contributed by atoms with E-state index in [1.165, 1.54) is 11.1 Å². The Morgan fingerprint density at radius 3 is 2.72 bits per heavy atom. The maximum Gasteiger partial charge on any atom is 0.226 e. The molecule has 10 heteroatoms. The smallest absolute Gasteiger partial charge is 0.226 e. The molecule has 270 valence electrons. The number of nitrogens with zero attached hydrogens (tertiary/aromatic N) is 4. The number of ether oxygens (including phenoxy) is 1. The zero-order valence-electron chi connectivity index (χ0n) is 29.5. The van der Waals surface area contributed by atoms with Crippen LogP contribution in [0.4, 0.5) is 4.39 Å². The zero-order chi connectivity index (χ0) is 36.1. The first kappa shape index (κ1) is 33.6. The zero-order valence-corrected chi connectivity index (χ0v) is 31.1. The lowest BCUT2D eigenvalue weighted by molar-refractivity contribution is -0.134. The molecule has 6 atom stereocenters. The van der Waals surface area contributed by atoms with Crippen LogP contribution in [0.15, 0.2) is 54.6 Å². The highest BCUT2D eigenvalue weighted by molar-refractivity contribution is 6.43. The molecule has 2 saturated carbocycles. The summed E-state index contributed by atoms with van der Waals surface area (Å²) in [5, 5.41) is 15.6. The van der Waals surface area contributed by atoms with Crippen molar-refractivity contribution in [1.29, 1.82) is 5.26 Å². The van der Waals surface area contributed by atoms with Crippen molar-refractivity contribution in [2.24, 2.45) is 11.8 Å². The number of aryl methyl sites for hydroxylation is 3. The second kappa shape index (κ2) is 12.8. The third-order valence-corrected chi connectivity index (χ3v) is 13.5. The number of fused-ring (bicyclic) bond motifs is 5. The van der Waals surface area contributed by atoms with Crippen molar-refractivity contribution in [3.63, 3.8) is 0 Å². The lowest BCUT2D eigenvalue weighted by Crippen LogP contribution is -2.41. The predicted octanol–water partition coefficient (Wildman–Crippen LogP) is 9.36. The molecule has 3 aliphatic heterocycles. The van der Waals surface area contributed by atoms with Crippen LogP contribution in [0.2, 0.25) is 10.0 Å². The van der Waals surface area contributed by atoms with E-state index in [9.17, 15) is 10.1 Å². The molecule has 7 nitrogen and oxygen atoms in total. The van der Waals surface area contributed by atoms with Crippen molar-refractivity contribution < 1.29 is 13.9 Å². The van der Waals surface area contributed by atoms with E-state index in [-0.39, 0.29) is 53.1 Å². The van der Waals surface area contributed by atoms with E-state index >= 15 is 4.39 Å². The fraction of sp³-hybridized carbons (Fsp3) is 0.419. The van der Waals surface area contributed by atoms with E-state index in [0.717, 1.165) is 60.9 Å². The number of hydrogen-bond donors (Lipinski definition) is 1. The van der Waals surface area contributed by atoms with Gasteiger partial charge in [-0.1, -0.05) is 59.6 Å². The predicted molar refractivity (Wildman–Crippen MR) is 204 cm³/mol. The molecular weight excluding hydrogens is 708 g/mol. The number of carbonyl (C=O) groups is 1. The van der Waals surface area contributed by atoms with E-state index in [0.29, 0.717) is 58.4 Å². The van der Waals surface area contributed by atoms with Gasteiger partial charge in [0.25, 0.3) is 0 Å². The van der Waals surface area contributed by atoms with Crippen molar-refractivity contribution >= 4 is 50.9 Å². The van der Waals surface area contributed by atoms with E-state index in [2.05, 4.69) is 51.2 Å². The van der Waals surface area contributed by atoms with Gasteiger partial charge in [0, 0.05) is 71.2 Å². The molecule has 2 aromatic heterocycles. The second-order valence-corrected chi connectivity index (χ2v) is 16.6. The number of nitrogens with one attached hydrogen (secondary N) is 1. The van der Waals surface area contributed by atoms with Crippen LogP contribution < -0.4 is 5.32 Å². The molecule has 0 radical (unpaired) electrons. The summed E-state index contributed by atoms with van der Waals surface area (Å²) >= 11 is 13.1. The average Bonchev–Trinajstić information content (AvgIpc) is 3.58. The number of halogens is 3. The van der Waals surface area contributed by atoms with E-state index in [1.54, 1.807) is 18.2 Å². The molecule has 5 fully saturated rings. The normalized spacial score (nSPS) is 26.0. The van der Waals surface area contributed by atoms with Gasteiger partial charge in [-0.05, 0) is 86.3 Å². The first-order valence-electron chi connectivity index (χ1n) is 19.1. The van der Waals surface area contributed by atoms with Gasteiger partial charge in [0.1, 0.15) is 5.52 Å². The van der Waals surface area contributed by atoms with Gasteiger partial charge in [0.05, 0.1) is 45.9 Å². The molecule has 3 aliphatic carbocycles. The molecule has 0 spiro atoms. The van der Waals surface area contributed by atoms with Crippen molar-refractivity contribution in [3.05, 3.63) is 98.5 Å². The number of benzene rings is 3. The molecule has 1 N–H and O–H groups in total. The Morgan fingerprint density at radius 1 is 1.09 bits per heavy atom. The van der Waals surface area contributed by atoms with Gasteiger partial charge >= 0.3 is 0 Å². The molecule has 1 unspecified atom stereocenters. The lowest BCUT2D eigenvalue weighted by atomic mass is 9.79. The van der Waals surface area contributed by atoms with Crippen LogP contribution in [-0.2, 0) is 22.4 Å². The molecule has 3 aromatic carbocycles. The summed E-state index contributed by atoms with van der Waals surface area (Å²) in [7, 11) is 0. The maximum atomic E-state index is 17.2. The number of amides is 1. The van der Waals surface area contributed by atoms with Crippen LogP contribution in [0.3, 0.4) is 0 Å². The summed E-state index contributed by atoms with van der Waals surface area (Å²) in [6, 6.07) is 20.6. The first-order valence-corrected chi connectivity index (χ1v) is 19.8. The van der Waals surface area contributed by atoms with Crippen LogP contribution in [0, 0.1) is 35.9 Å². The number of nitriles is 1. The largest absolute Gasteiger partial charge is 0.368 e. The van der Waals surface area contributed by atoms with Crippen molar-refractivity contribution in [3.8, 4) is 17.2 Å². The Balaban J connectivity index is 1.16. The molecule has 1 amide bonds. The fourth-order valence-corrected chi connectivity index (χ4v) is 10.4. The number of likely N-dealkylation sites (tertiary alicyclic amines) is 1. The van der Waals surface area contributed by atoms with Gasteiger partial charge in [-0.3, -0.25) is 4.79 Å². The minimum absolute atomic E-state index is 0.0257. The third-order valence-electron chi connectivity index (χ3n) is 12.7. The minimum atomic E-state index is -0.467. The highest BCUT2D eigenvalue weighted by Gasteiger charge is 2.51. The van der Waals surface area contributed by atoms with Gasteiger partial charge in [0.15, 0.2) is 5.82 Å². The van der Waals surface area contributed by atoms with Crippen molar-refractivity contribution in [2.75, 3.05) is 13.1 Å². The van der Waals surface area contributed by atoms with E-state index in [4.69, 9.17) is 32.9 Å². The molecule has 53 heavy (non-hydrogen) atoms. The minimum Gasteiger partial charge on any atom is -0.368 e. The summed E-state index contributed by atoms with van der Waals surface area (Å²) in [6.07, 6.45) is 6.10. The molecule has 5 heterocycles. The summed E-state index contributed by atoms with van der Waals surface area (Å²) in [5.41, 5.74) is 7.14. The van der Waals surface area contributed by atoms with Gasteiger partial charge in [0.2, 0.25) is 5.91 Å². The van der Waals surface area contributed by atoms with Gasteiger partial charge < -0.3 is 19.5 Å². The van der Waals surface area contributed by atoms with Crippen LogP contribution in [0.1, 0.15) is 84.8 Å². The Labute approximate surface area is 318 Å². The van der Waals surface area contributed by atoms with Gasteiger partial charge in [-0.25, -0.2) is 9.37 Å². The van der Waals surface area contributed by atoms with Crippen molar-refractivity contribution in [1.82, 2.24) is 19.8 Å². The SMILES string of the molecule is Cc1nc2c(F)c(-c3cccc(Cl)c3Cl)c(CCC#N)cc2c2c1cc([C@H]1C[C@H](OC3CCc4ccccc43)CN1C(=O)C1CC1)n2[C@H]1[C@H]2CN[C@@H]1C2. The highest BCUT2D eigenvalue weighted by atomic mass is 35.5. The van der Waals surface area contributed by atoms with Crippen LogP contribution in [-0.4, -0.2) is 45.6 Å². The van der Waals surface area contributed by atoms with Gasteiger partial charge in [-0.2, -0.15) is 5.26 Å². The molecule has 11 rings (SSSR count). The monoisotopic (exact) mass is 747 g/mol.